The molecule has 2 heterocycles. The lowest BCUT2D eigenvalue weighted by molar-refractivity contribution is -0.118. The number of pyridine rings is 1. The molecule has 4 rings (SSSR count). The molecule has 30 heavy (non-hydrogen) atoms. The summed E-state index contributed by atoms with van der Waals surface area (Å²) in [4.78, 5) is 30.7. The predicted octanol–water partition coefficient (Wildman–Crippen LogP) is 3.98. The van der Waals surface area contributed by atoms with E-state index in [9.17, 15) is 9.59 Å². The highest BCUT2D eigenvalue weighted by molar-refractivity contribution is 5.96. The number of hydrogen-bond donors (Lipinski definition) is 1. The number of amides is 2. The lowest BCUT2D eigenvalue weighted by Gasteiger charge is -2.28. The fourth-order valence-electron chi connectivity index (χ4n) is 3.76. The number of carbonyl (C=O) groups excluding carboxylic acids is 2. The van der Waals surface area contributed by atoms with Gasteiger partial charge >= 0.3 is 0 Å². The Bertz CT molecular complexity index is 1070. The summed E-state index contributed by atoms with van der Waals surface area (Å²) >= 11 is 0. The molecule has 3 aromatic rings. The van der Waals surface area contributed by atoms with Crippen LogP contribution in [-0.4, -0.2) is 23.3 Å². The summed E-state index contributed by atoms with van der Waals surface area (Å²) in [5, 5.41) is 2.55. The SMILES string of the molecule is CCC(=O)N1CCc2cc(C(F)(NC(=O)c3ccccc3)c3cccnc3)ccc21. The van der Waals surface area contributed by atoms with Crippen LogP contribution in [0, 0.1) is 0 Å². The lowest BCUT2D eigenvalue weighted by atomic mass is 9.94. The zero-order valence-electron chi connectivity index (χ0n) is 16.6. The fraction of sp³-hybridized carbons (Fsp3) is 0.208. The normalized spacial score (nSPS) is 14.7. The van der Waals surface area contributed by atoms with Crippen LogP contribution in [-0.2, 0) is 17.0 Å². The zero-order chi connectivity index (χ0) is 21.1. The van der Waals surface area contributed by atoms with Crippen LogP contribution in [0.5, 0.6) is 0 Å². The van der Waals surface area contributed by atoms with E-state index in [1.54, 1.807) is 71.8 Å². The molecule has 6 heteroatoms. The predicted molar refractivity (Wildman–Crippen MR) is 113 cm³/mol. The molecule has 1 unspecified atom stereocenters. The van der Waals surface area contributed by atoms with E-state index < -0.39 is 11.7 Å². The van der Waals surface area contributed by atoms with Crippen molar-refractivity contribution in [1.82, 2.24) is 10.3 Å². The monoisotopic (exact) mass is 403 g/mol. The molecule has 1 aliphatic rings. The van der Waals surface area contributed by atoms with E-state index in [1.165, 1.54) is 6.20 Å². The molecule has 0 bridgehead atoms. The van der Waals surface area contributed by atoms with Crippen LogP contribution in [0.1, 0.15) is 40.4 Å². The molecular formula is C24H22FN3O2. The second-order valence-corrected chi connectivity index (χ2v) is 7.21. The highest BCUT2D eigenvalue weighted by Gasteiger charge is 2.38. The summed E-state index contributed by atoms with van der Waals surface area (Å²) in [6.45, 7) is 2.40. The number of halogens is 1. The Kier molecular flexibility index (Phi) is 5.31. The number of nitrogens with one attached hydrogen (secondary N) is 1. The lowest BCUT2D eigenvalue weighted by Crippen LogP contribution is -2.43. The molecule has 5 nitrogen and oxygen atoms in total. The molecule has 152 valence electrons. The molecule has 1 N–H and O–H groups in total. The average molecular weight is 403 g/mol. The summed E-state index contributed by atoms with van der Waals surface area (Å²) in [5.74, 6) is -2.75. The first-order chi connectivity index (χ1) is 14.5. The Balaban J connectivity index is 1.74. The molecule has 2 aromatic carbocycles. The van der Waals surface area contributed by atoms with Gasteiger partial charge in [0, 0.05) is 47.7 Å². The first-order valence-corrected chi connectivity index (χ1v) is 9.93. The van der Waals surface area contributed by atoms with E-state index in [-0.39, 0.29) is 11.5 Å². The van der Waals surface area contributed by atoms with Crippen LogP contribution in [0.25, 0.3) is 0 Å². The molecule has 1 aliphatic heterocycles. The van der Waals surface area contributed by atoms with Gasteiger partial charge < -0.3 is 10.2 Å². The van der Waals surface area contributed by atoms with Gasteiger partial charge in [-0.05, 0) is 42.3 Å². The fourth-order valence-corrected chi connectivity index (χ4v) is 3.76. The molecule has 0 spiro atoms. The van der Waals surface area contributed by atoms with Gasteiger partial charge in [0.1, 0.15) is 0 Å². The highest BCUT2D eigenvalue weighted by Crippen LogP contribution is 2.36. The van der Waals surface area contributed by atoms with Crippen molar-refractivity contribution in [3.63, 3.8) is 0 Å². The van der Waals surface area contributed by atoms with Gasteiger partial charge in [0.25, 0.3) is 5.91 Å². The number of alkyl halides is 1. The van der Waals surface area contributed by atoms with Crippen LogP contribution >= 0.6 is 0 Å². The van der Waals surface area contributed by atoms with Crippen molar-refractivity contribution in [3.05, 3.63) is 95.3 Å². The Morgan fingerprint density at radius 1 is 1.10 bits per heavy atom. The maximum atomic E-state index is 16.5. The number of anilines is 1. The summed E-state index contributed by atoms with van der Waals surface area (Å²) in [5.41, 5.74) is 2.57. The van der Waals surface area contributed by atoms with Gasteiger partial charge in [0.15, 0.2) is 0 Å². The minimum atomic E-state index is -2.27. The van der Waals surface area contributed by atoms with Crippen molar-refractivity contribution >= 4 is 17.5 Å². The quantitative estimate of drug-likeness (QED) is 0.656. The molecule has 0 saturated carbocycles. The Hall–Kier alpha value is -3.54. The van der Waals surface area contributed by atoms with Gasteiger partial charge in [-0.25, -0.2) is 4.39 Å². The highest BCUT2D eigenvalue weighted by atomic mass is 19.1. The van der Waals surface area contributed by atoms with Gasteiger partial charge in [-0.15, -0.1) is 0 Å². The Labute approximate surface area is 174 Å². The van der Waals surface area contributed by atoms with E-state index in [4.69, 9.17) is 0 Å². The summed E-state index contributed by atoms with van der Waals surface area (Å²) in [7, 11) is 0. The second kappa shape index (κ2) is 8.06. The molecular weight excluding hydrogens is 381 g/mol. The van der Waals surface area contributed by atoms with Crippen molar-refractivity contribution in [1.29, 1.82) is 0 Å². The summed E-state index contributed by atoms with van der Waals surface area (Å²) in [6, 6.07) is 16.9. The summed E-state index contributed by atoms with van der Waals surface area (Å²) < 4.78 is 16.5. The molecule has 0 radical (unpaired) electrons. The minimum absolute atomic E-state index is 0.0395. The minimum Gasteiger partial charge on any atom is -0.312 e. The molecule has 0 fully saturated rings. The van der Waals surface area contributed by atoms with E-state index in [0.29, 0.717) is 30.5 Å². The molecule has 1 aromatic heterocycles. The first-order valence-electron chi connectivity index (χ1n) is 9.93. The van der Waals surface area contributed by atoms with Gasteiger partial charge in [-0.3, -0.25) is 14.6 Å². The number of aromatic nitrogens is 1. The number of fused-ring (bicyclic) bond motifs is 1. The maximum Gasteiger partial charge on any atom is 0.254 e. The number of carbonyl (C=O) groups is 2. The zero-order valence-corrected chi connectivity index (χ0v) is 16.6. The molecule has 0 aliphatic carbocycles. The third-order valence-corrected chi connectivity index (χ3v) is 5.36. The maximum absolute atomic E-state index is 16.5. The first kappa shape index (κ1) is 19.8. The van der Waals surface area contributed by atoms with Crippen LogP contribution in [0.15, 0.2) is 73.1 Å². The van der Waals surface area contributed by atoms with Crippen molar-refractivity contribution in [2.75, 3.05) is 11.4 Å². The van der Waals surface area contributed by atoms with Crippen molar-refractivity contribution in [2.45, 2.75) is 25.6 Å². The third-order valence-electron chi connectivity index (χ3n) is 5.36. The summed E-state index contributed by atoms with van der Waals surface area (Å²) in [6.07, 6.45) is 4.02. The largest absolute Gasteiger partial charge is 0.312 e. The average Bonchev–Trinajstić information content (AvgIpc) is 3.23. The Morgan fingerprint density at radius 3 is 2.60 bits per heavy atom. The van der Waals surface area contributed by atoms with Crippen LogP contribution in [0.2, 0.25) is 0 Å². The van der Waals surface area contributed by atoms with Crippen LogP contribution in [0.4, 0.5) is 10.1 Å². The van der Waals surface area contributed by atoms with Gasteiger partial charge in [0.2, 0.25) is 11.7 Å². The second-order valence-electron chi connectivity index (χ2n) is 7.21. The van der Waals surface area contributed by atoms with E-state index in [2.05, 4.69) is 10.3 Å². The van der Waals surface area contributed by atoms with Crippen molar-refractivity contribution in [2.24, 2.45) is 0 Å². The molecule has 2 amide bonds. The van der Waals surface area contributed by atoms with Gasteiger partial charge in [0.05, 0.1) is 0 Å². The molecule has 1 atom stereocenters. The van der Waals surface area contributed by atoms with Crippen molar-refractivity contribution < 1.29 is 14.0 Å². The van der Waals surface area contributed by atoms with E-state index >= 15 is 4.39 Å². The smallest absolute Gasteiger partial charge is 0.254 e. The Morgan fingerprint density at radius 2 is 1.90 bits per heavy atom. The van der Waals surface area contributed by atoms with E-state index in [1.807, 2.05) is 6.92 Å². The number of rotatable bonds is 5. The van der Waals surface area contributed by atoms with Crippen molar-refractivity contribution in [3.8, 4) is 0 Å². The van der Waals surface area contributed by atoms with Gasteiger partial charge in [-0.2, -0.15) is 0 Å². The van der Waals surface area contributed by atoms with Gasteiger partial charge in [-0.1, -0.05) is 37.3 Å². The standard InChI is InChI=1S/C24H22FN3O2/c1-2-22(29)28-14-12-18-15-19(10-11-21(18)28)24(25,20-9-6-13-26-16-20)27-23(30)17-7-4-3-5-8-17/h3-11,13,15-16H,2,12,14H2,1H3,(H,27,30). The molecule has 0 saturated heterocycles. The van der Waals surface area contributed by atoms with E-state index in [0.717, 1.165) is 11.3 Å². The van der Waals surface area contributed by atoms with Crippen LogP contribution in [0.3, 0.4) is 0 Å². The topological polar surface area (TPSA) is 62.3 Å². The van der Waals surface area contributed by atoms with Crippen LogP contribution < -0.4 is 10.2 Å². The number of benzene rings is 2. The number of hydrogen-bond acceptors (Lipinski definition) is 3. The third kappa shape index (κ3) is 3.56. The number of nitrogens with zero attached hydrogens (tertiary/aromatic N) is 2.